The number of carbonyl (C=O) groups is 1. The van der Waals surface area contributed by atoms with Gasteiger partial charge in [0.15, 0.2) is 11.4 Å². The molecule has 4 heterocycles. The summed E-state index contributed by atoms with van der Waals surface area (Å²) in [4.78, 5) is 47.7. The third-order valence-electron chi connectivity index (χ3n) is 10.7. The maximum absolute atomic E-state index is 14.5. The second-order valence-electron chi connectivity index (χ2n) is 14.1. The first kappa shape index (κ1) is 33.7. The Morgan fingerprint density at radius 3 is 2.34 bits per heavy atom. The Labute approximate surface area is 289 Å². The fraction of sp³-hybridized carbons (Fsp3) is 0.410. The molecule has 1 saturated heterocycles. The number of ketones is 1. The third kappa shape index (κ3) is 6.84. The first-order chi connectivity index (χ1) is 24.2. The van der Waals surface area contributed by atoms with E-state index in [0.717, 1.165) is 61.6 Å². The number of carbonyl (C=O) groups excluding carboxylic acids is 1. The van der Waals surface area contributed by atoms with Gasteiger partial charge < -0.3 is 5.11 Å². The van der Waals surface area contributed by atoms with Crippen LogP contribution in [0.4, 0.5) is 4.39 Å². The highest BCUT2D eigenvalue weighted by Gasteiger charge is 2.29. The number of pyridine rings is 1. The maximum Gasteiger partial charge on any atom is 0.337 e. The van der Waals surface area contributed by atoms with Crippen LogP contribution in [0.1, 0.15) is 72.7 Å². The van der Waals surface area contributed by atoms with Crippen molar-refractivity contribution >= 4 is 16.8 Å². The standard InChI is InChI=1S/C39H43FN6O4/c1-25-18-35(42-43(25)2)36(48)19-26-8-12-32(13-9-26)46-38(49)34-21-31(40)22-41-37(34)45(39(46)50)33-5-3-4-30(20-33)29-10-6-27(7-11-29)23-44-16-14-28(24-47)15-17-44/h3-7,10-11,18,20-22,26,28,32,47H,8-9,12-17,19,23-24H2,1-2H3. The van der Waals surface area contributed by atoms with Crippen molar-refractivity contribution < 1.29 is 14.3 Å². The molecule has 0 radical (unpaired) electrons. The molecule has 1 aliphatic carbocycles. The van der Waals surface area contributed by atoms with Gasteiger partial charge >= 0.3 is 5.69 Å². The Morgan fingerprint density at radius 2 is 1.66 bits per heavy atom. The fourth-order valence-electron chi connectivity index (χ4n) is 7.62. The number of rotatable bonds is 9. The first-order valence-corrected chi connectivity index (χ1v) is 17.6. The number of nitrogens with zero attached hydrogens (tertiary/aromatic N) is 6. The van der Waals surface area contributed by atoms with E-state index in [2.05, 4.69) is 39.2 Å². The van der Waals surface area contributed by atoms with Crippen LogP contribution >= 0.6 is 0 Å². The summed E-state index contributed by atoms with van der Waals surface area (Å²) in [5, 5.41) is 13.8. The lowest BCUT2D eigenvalue weighted by atomic mass is 9.82. The van der Waals surface area contributed by atoms with Crippen molar-refractivity contribution in [2.45, 2.75) is 64.5 Å². The number of hydrogen-bond donors (Lipinski definition) is 1. The molecule has 2 fully saturated rings. The fourth-order valence-corrected chi connectivity index (χ4v) is 7.62. The van der Waals surface area contributed by atoms with E-state index in [1.54, 1.807) is 16.8 Å². The third-order valence-corrected chi connectivity index (χ3v) is 10.7. The molecule has 3 aromatic heterocycles. The molecule has 50 heavy (non-hydrogen) atoms. The van der Waals surface area contributed by atoms with Gasteiger partial charge in [0.1, 0.15) is 11.5 Å². The van der Waals surface area contributed by atoms with Crippen molar-refractivity contribution in [2.75, 3.05) is 19.7 Å². The second-order valence-corrected chi connectivity index (χ2v) is 14.1. The Balaban J connectivity index is 1.14. The van der Waals surface area contributed by atoms with Gasteiger partial charge in [-0.3, -0.25) is 23.7 Å². The number of piperidine rings is 1. The van der Waals surface area contributed by atoms with E-state index in [0.29, 0.717) is 49.4 Å². The lowest BCUT2D eigenvalue weighted by Gasteiger charge is -2.31. The Bertz CT molecular complexity index is 2120. The topological polar surface area (TPSA) is 115 Å². The van der Waals surface area contributed by atoms with Crippen LogP contribution in [0.5, 0.6) is 0 Å². The molecule has 10 nitrogen and oxygen atoms in total. The summed E-state index contributed by atoms with van der Waals surface area (Å²) in [7, 11) is 1.81. The van der Waals surface area contributed by atoms with Crippen LogP contribution in [0.2, 0.25) is 0 Å². The highest BCUT2D eigenvalue weighted by molar-refractivity contribution is 5.94. The van der Waals surface area contributed by atoms with Crippen LogP contribution in [-0.4, -0.2) is 59.4 Å². The lowest BCUT2D eigenvalue weighted by Crippen LogP contribution is -2.43. The van der Waals surface area contributed by atoms with Gasteiger partial charge in [-0.1, -0.05) is 36.4 Å². The number of fused-ring (bicyclic) bond motifs is 1. The second kappa shape index (κ2) is 14.2. The first-order valence-electron chi connectivity index (χ1n) is 17.6. The largest absolute Gasteiger partial charge is 0.396 e. The number of aromatic nitrogens is 5. The summed E-state index contributed by atoms with van der Waals surface area (Å²) in [6.45, 7) is 4.97. The maximum atomic E-state index is 14.5. The number of hydrogen-bond acceptors (Lipinski definition) is 7. The number of likely N-dealkylation sites (tertiary alicyclic amines) is 1. The van der Waals surface area contributed by atoms with Crippen molar-refractivity contribution in [3.8, 4) is 16.8 Å². The average molecular weight is 679 g/mol. The number of aliphatic hydroxyl groups is 1. The summed E-state index contributed by atoms with van der Waals surface area (Å²) in [5.74, 6) is -0.124. The van der Waals surface area contributed by atoms with Crippen molar-refractivity contribution in [3.05, 3.63) is 110 Å². The molecule has 0 spiro atoms. The van der Waals surface area contributed by atoms with E-state index >= 15 is 0 Å². The lowest BCUT2D eigenvalue weighted by molar-refractivity contribution is 0.0937. The number of Topliss-reactive ketones (excluding diaryl/α,β-unsaturated/α-hetero) is 1. The SMILES string of the molecule is Cc1cc(C(=O)CC2CCC(n3c(=O)c4cc(F)cnc4n(-c4cccc(-c5ccc(CN6CCC(CO)CC6)cc5)c4)c3=O)CC2)nn1C. The summed E-state index contributed by atoms with van der Waals surface area (Å²) in [6, 6.07) is 18.5. The molecular formula is C39H43FN6O4. The van der Waals surface area contributed by atoms with Crippen LogP contribution < -0.4 is 11.2 Å². The molecule has 1 aliphatic heterocycles. The van der Waals surface area contributed by atoms with Gasteiger partial charge in [0.2, 0.25) is 0 Å². The van der Waals surface area contributed by atoms with Crippen LogP contribution in [0.25, 0.3) is 27.8 Å². The van der Waals surface area contributed by atoms with Gasteiger partial charge in [0.05, 0.1) is 17.3 Å². The van der Waals surface area contributed by atoms with Gasteiger partial charge in [-0.05, 0) is 111 Å². The average Bonchev–Trinajstić information content (AvgIpc) is 3.47. The molecule has 0 amide bonds. The number of benzene rings is 2. The Kier molecular flexibility index (Phi) is 9.61. The van der Waals surface area contributed by atoms with Gasteiger partial charge in [-0.25, -0.2) is 18.7 Å². The summed E-state index contributed by atoms with van der Waals surface area (Å²) in [6.07, 6.45) is 5.88. The zero-order chi connectivity index (χ0) is 34.9. The van der Waals surface area contributed by atoms with Crippen molar-refractivity contribution in [3.63, 3.8) is 0 Å². The predicted molar refractivity (Wildman–Crippen MR) is 190 cm³/mol. The highest BCUT2D eigenvalue weighted by atomic mass is 19.1. The molecule has 1 saturated carbocycles. The predicted octanol–water partition coefficient (Wildman–Crippen LogP) is 5.60. The minimum atomic E-state index is -0.648. The summed E-state index contributed by atoms with van der Waals surface area (Å²) in [5.41, 5.74) is 4.04. The molecule has 1 N–H and O–H groups in total. The van der Waals surface area contributed by atoms with E-state index in [-0.39, 0.29) is 35.4 Å². The normalized spacial score (nSPS) is 18.9. The molecule has 7 rings (SSSR count). The van der Waals surface area contributed by atoms with Crippen LogP contribution in [0, 0.1) is 24.6 Å². The molecule has 11 heteroatoms. The van der Waals surface area contributed by atoms with Gasteiger partial charge in [0.25, 0.3) is 5.56 Å². The molecular weight excluding hydrogens is 635 g/mol. The Morgan fingerprint density at radius 1 is 0.920 bits per heavy atom. The summed E-state index contributed by atoms with van der Waals surface area (Å²) < 4.78 is 18.9. The number of halogens is 1. The number of aryl methyl sites for hydroxylation is 2. The molecule has 0 atom stereocenters. The van der Waals surface area contributed by atoms with E-state index < -0.39 is 17.1 Å². The monoisotopic (exact) mass is 678 g/mol. The van der Waals surface area contributed by atoms with Gasteiger partial charge in [-0.2, -0.15) is 5.10 Å². The van der Waals surface area contributed by atoms with Gasteiger partial charge in [-0.15, -0.1) is 0 Å². The Hall–Kier alpha value is -4.74. The minimum Gasteiger partial charge on any atom is -0.396 e. The number of aliphatic hydroxyl groups excluding tert-OH is 1. The van der Waals surface area contributed by atoms with E-state index in [4.69, 9.17) is 0 Å². The molecule has 0 unspecified atom stereocenters. The van der Waals surface area contributed by atoms with E-state index in [9.17, 15) is 23.9 Å². The van der Waals surface area contributed by atoms with Crippen molar-refractivity contribution in [1.82, 2.24) is 28.8 Å². The van der Waals surface area contributed by atoms with E-state index in [1.807, 2.05) is 32.2 Å². The van der Waals surface area contributed by atoms with E-state index in [1.165, 1.54) is 14.7 Å². The molecule has 260 valence electrons. The zero-order valence-electron chi connectivity index (χ0n) is 28.6. The minimum absolute atomic E-state index is 0.00242. The van der Waals surface area contributed by atoms with Crippen LogP contribution in [0.15, 0.2) is 76.4 Å². The molecule has 0 bridgehead atoms. The molecule has 2 aromatic carbocycles. The quantitative estimate of drug-likeness (QED) is 0.202. The van der Waals surface area contributed by atoms with Crippen molar-refractivity contribution in [1.29, 1.82) is 0 Å². The van der Waals surface area contributed by atoms with Crippen LogP contribution in [0.3, 0.4) is 0 Å². The highest BCUT2D eigenvalue weighted by Crippen LogP contribution is 2.34. The summed E-state index contributed by atoms with van der Waals surface area (Å²) >= 11 is 0. The van der Waals surface area contributed by atoms with Crippen molar-refractivity contribution in [2.24, 2.45) is 18.9 Å². The smallest absolute Gasteiger partial charge is 0.337 e. The molecule has 2 aliphatic rings. The van der Waals surface area contributed by atoms with Crippen LogP contribution in [-0.2, 0) is 13.6 Å². The van der Waals surface area contributed by atoms with Gasteiger partial charge in [0, 0.05) is 38.4 Å². The molecule has 5 aromatic rings. The zero-order valence-corrected chi connectivity index (χ0v) is 28.6.